The smallest absolute Gasteiger partial charge is 0.225 e. The SMILES string of the molecule is CC(C)c1cc(N2CCc3cc([C@@H](C)O)ccc3C2)nc(NC2CCCCC2)n1. The van der Waals surface area contributed by atoms with E-state index >= 15 is 0 Å². The summed E-state index contributed by atoms with van der Waals surface area (Å²) in [6.45, 7) is 8.01. The molecule has 0 bridgehead atoms. The van der Waals surface area contributed by atoms with E-state index in [4.69, 9.17) is 9.97 Å². The molecule has 2 aromatic rings. The van der Waals surface area contributed by atoms with Gasteiger partial charge in [0, 0.05) is 25.2 Å². The van der Waals surface area contributed by atoms with Crippen LogP contribution < -0.4 is 10.2 Å². The van der Waals surface area contributed by atoms with E-state index in [1.54, 1.807) is 0 Å². The van der Waals surface area contributed by atoms with Gasteiger partial charge < -0.3 is 15.3 Å². The van der Waals surface area contributed by atoms with Gasteiger partial charge in [0.2, 0.25) is 5.95 Å². The van der Waals surface area contributed by atoms with Gasteiger partial charge in [-0.15, -0.1) is 0 Å². The number of aromatic nitrogens is 2. The first-order chi connectivity index (χ1) is 14.0. The van der Waals surface area contributed by atoms with Crippen LogP contribution in [-0.4, -0.2) is 27.7 Å². The van der Waals surface area contributed by atoms with E-state index in [0.717, 1.165) is 42.5 Å². The van der Waals surface area contributed by atoms with Crippen molar-refractivity contribution in [1.29, 1.82) is 0 Å². The first kappa shape index (κ1) is 20.1. The molecule has 1 aromatic carbocycles. The monoisotopic (exact) mass is 394 g/mol. The van der Waals surface area contributed by atoms with Crippen molar-refractivity contribution < 1.29 is 5.11 Å². The van der Waals surface area contributed by atoms with Gasteiger partial charge in [0.15, 0.2) is 0 Å². The Morgan fingerprint density at radius 2 is 1.83 bits per heavy atom. The Kier molecular flexibility index (Phi) is 6.04. The van der Waals surface area contributed by atoms with Crippen LogP contribution in [0.5, 0.6) is 0 Å². The molecule has 2 aliphatic rings. The number of hydrogen-bond donors (Lipinski definition) is 2. The van der Waals surface area contributed by atoms with Gasteiger partial charge in [-0.1, -0.05) is 51.3 Å². The van der Waals surface area contributed by atoms with Gasteiger partial charge >= 0.3 is 0 Å². The van der Waals surface area contributed by atoms with Crippen LogP contribution in [0.2, 0.25) is 0 Å². The standard InChI is InChI=1S/C24H34N4O/c1-16(2)22-14-23(27-24(26-22)25-21-7-5-4-6-8-21)28-12-11-19-13-18(17(3)29)9-10-20(19)15-28/h9-10,13-14,16-17,21,29H,4-8,11-12,15H2,1-3H3,(H,25,26,27)/t17-/m1/s1. The molecular weight excluding hydrogens is 360 g/mol. The molecule has 29 heavy (non-hydrogen) atoms. The Balaban J connectivity index is 1.57. The summed E-state index contributed by atoms with van der Waals surface area (Å²) >= 11 is 0. The van der Waals surface area contributed by atoms with Crippen molar-refractivity contribution in [1.82, 2.24) is 9.97 Å². The molecule has 1 aliphatic heterocycles. The molecule has 1 aromatic heterocycles. The lowest BCUT2D eigenvalue weighted by Crippen LogP contribution is -2.32. The lowest BCUT2D eigenvalue weighted by Gasteiger charge is -2.31. The molecule has 1 saturated carbocycles. The van der Waals surface area contributed by atoms with Gasteiger partial charge in [-0.2, -0.15) is 4.98 Å². The average molecular weight is 395 g/mol. The van der Waals surface area contributed by atoms with Gasteiger partial charge in [-0.3, -0.25) is 0 Å². The highest BCUT2D eigenvalue weighted by Crippen LogP contribution is 2.29. The normalized spacial score (nSPS) is 18.6. The summed E-state index contributed by atoms with van der Waals surface area (Å²) in [5.74, 6) is 2.18. The molecule has 4 rings (SSSR count). The Morgan fingerprint density at radius 3 is 2.55 bits per heavy atom. The number of rotatable bonds is 5. The summed E-state index contributed by atoms with van der Waals surface area (Å²) in [5.41, 5.74) is 4.77. The first-order valence-corrected chi connectivity index (χ1v) is 11.2. The lowest BCUT2D eigenvalue weighted by atomic mass is 9.95. The minimum Gasteiger partial charge on any atom is -0.389 e. The average Bonchev–Trinajstić information content (AvgIpc) is 2.73. The number of aliphatic hydroxyl groups excluding tert-OH is 1. The molecule has 1 atom stereocenters. The Bertz CT molecular complexity index is 843. The first-order valence-electron chi connectivity index (χ1n) is 11.2. The highest BCUT2D eigenvalue weighted by atomic mass is 16.3. The van der Waals surface area contributed by atoms with Crippen molar-refractivity contribution in [3.05, 3.63) is 46.6 Å². The number of nitrogens with zero attached hydrogens (tertiary/aromatic N) is 3. The summed E-state index contributed by atoms with van der Waals surface area (Å²) in [5, 5.41) is 13.5. The summed E-state index contributed by atoms with van der Waals surface area (Å²) in [7, 11) is 0. The van der Waals surface area contributed by atoms with Crippen molar-refractivity contribution >= 4 is 11.8 Å². The second-order valence-electron chi connectivity index (χ2n) is 8.98. The predicted molar refractivity (Wildman–Crippen MR) is 118 cm³/mol. The number of aliphatic hydroxyl groups is 1. The number of fused-ring (bicyclic) bond motifs is 1. The minimum absolute atomic E-state index is 0.370. The molecule has 0 radical (unpaired) electrons. The van der Waals surface area contributed by atoms with Crippen LogP contribution in [0.1, 0.15) is 87.3 Å². The van der Waals surface area contributed by atoms with Crippen LogP contribution in [0.15, 0.2) is 24.3 Å². The molecule has 156 valence electrons. The third kappa shape index (κ3) is 4.72. The highest BCUT2D eigenvalue weighted by molar-refractivity contribution is 5.49. The van der Waals surface area contributed by atoms with E-state index in [2.05, 4.69) is 42.3 Å². The molecule has 1 aliphatic carbocycles. The molecular formula is C24H34N4O. The van der Waals surface area contributed by atoms with E-state index < -0.39 is 6.10 Å². The Labute approximate surface area is 174 Å². The van der Waals surface area contributed by atoms with E-state index in [1.807, 2.05) is 13.0 Å². The molecule has 2 N–H and O–H groups in total. The number of hydrogen-bond acceptors (Lipinski definition) is 5. The lowest BCUT2D eigenvalue weighted by molar-refractivity contribution is 0.199. The summed E-state index contributed by atoms with van der Waals surface area (Å²) < 4.78 is 0. The summed E-state index contributed by atoms with van der Waals surface area (Å²) in [6.07, 6.45) is 6.93. The van der Waals surface area contributed by atoms with Crippen molar-refractivity contribution in [3.8, 4) is 0 Å². The van der Waals surface area contributed by atoms with E-state index in [0.29, 0.717) is 12.0 Å². The van der Waals surface area contributed by atoms with Gasteiger partial charge in [0.25, 0.3) is 0 Å². The molecule has 5 heteroatoms. The maximum absolute atomic E-state index is 9.87. The van der Waals surface area contributed by atoms with Crippen molar-refractivity contribution in [2.45, 2.75) is 83.9 Å². The van der Waals surface area contributed by atoms with Gasteiger partial charge in [0.1, 0.15) is 5.82 Å². The molecule has 1 fully saturated rings. The van der Waals surface area contributed by atoms with E-state index in [-0.39, 0.29) is 0 Å². The van der Waals surface area contributed by atoms with Gasteiger partial charge in [0.05, 0.1) is 11.8 Å². The van der Waals surface area contributed by atoms with Crippen LogP contribution in [-0.2, 0) is 13.0 Å². The second-order valence-corrected chi connectivity index (χ2v) is 8.98. The van der Waals surface area contributed by atoms with Crippen molar-refractivity contribution in [2.75, 3.05) is 16.8 Å². The second kappa shape index (κ2) is 8.70. The number of benzene rings is 1. The quantitative estimate of drug-likeness (QED) is 0.750. The Morgan fingerprint density at radius 1 is 1.03 bits per heavy atom. The highest BCUT2D eigenvalue weighted by Gasteiger charge is 2.21. The fraction of sp³-hybridized carbons (Fsp3) is 0.583. The number of anilines is 2. The molecule has 0 unspecified atom stereocenters. The van der Waals surface area contributed by atoms with Crippen molar-refractivity contribution in [3.63, 3.8) is 0 Å². The zero-order valence-electron chi connectivity index (χ0n) is 18.0. The van der Waals surface area contributed by atoms with Gasteiger partial charge in [-0.25, -0.2) is 4.98 Å². The summed E-state index contributed by atoms with van der Waals surface area (Å²) in [4.78, 5) is 12.1. The van der Waals surface area contributed by atoms with Crippen LogP contribution in [0.3, 0.4) is 0 Å². The summed E-state index contributed by atoms with van der Waals surface area (Å²) in [6, 6.07) is 9.02. The third-order valence-electron chi connectivity index (χ3n) is 6.31. The molecule has 0 spiro atoms. The predicted octanol–water partition coefficient (Wildman–Crippen LogP) is 4.96. The molecule has 0 amide bonds. The fourth-order valence-electron chi connectivity index (χ4n) is 4.43. The van der Waals surface area contributed by atoms with E-state index in [9.17, 15) is 5.11 Å². The van der Waals surface area contributed by atoms with Crippen LogP contribution >= 0.6 is 0 Å². The fourth-order valence-corrected chi connectivity index (χ4v) is 4.43. The van der Waals surface area contributed by atoms with Crippen LogP contribution in [0.25, 0.3) is 0 Å². The van der Waals surface area contributed by atoms with Crippen molar-refractivity contribution in [2.24, 2.45) is 0 Å². The maximum Gasteiger partial charge on any atom is 0.225 e. The Hall–Kier alpha value is -2.14. The van der Waals surface area contributed by atoms with E-state index in [1.165, 1.54) is 43.2 Å². The third-order valence-corrected chi connectivity index (χ3v) is 6.31. The topological polar surface area (TPSA) is 61.3 Å². The van der Waals surface area contributed by atoms with Crippen LogP contribution in [0, 0.1) is 0 Å². The zero-order chi connectivity index (χ0) is 20.4. The largest absolute Gasteiger partial charge is 0.389 e. The molecule has 2 heterocycles. The zero-order valence-corrected chi connectivity index (χ0v) is 18.0. The maximum atomic E-state index is 9.87. The van der Waals surface area contributed by atoms with Gasteiger partial charge in [-0.05, 0) is 48.8 Å². The number of nitrogens with one attached hydrogen (secondary N) is 1. The molecule has 5 nitrogen and oxygen atoms in total. The molecule has 0 saturated heterocycles. The minimum atomic E-state index is -0.415. The van der Waals surface area contributed by atoms with Crippen LogP contribution in [0.4, 0.5) is 11.8 Å².